The lowest BCUT2D eigenvalue weighted by Gasteiger charge is -2.12. The molecular weight excluding hydrogens is 266 g/mol. The summed E-state index contributed by atoms with van der Waals surface area (Å²) >= 11 is 5.60. The topological polar surface area (TPSA) is 63.0 Å². The molecule has 0 spiro atoms. The van der Waals surface area contributed by atoms with Crippen LogP contribution >= 0.6 is 11.6 Å². The Kier molecular flexibility index (Phi) is 4.98. The van der Waals surface area contributed by atoms with Crippen molar-refractivity contribution < 1.29 is 18.3 Å². The Morgan fingerprint density at radius 2 is 2.28 bits per heavy atom. The molecule has 18 heavy (non-hydrogen) atoms. The van der Waals surface area contributed by atoms with Crippen LogP contribution in [0, 0.1) is 11.3 Å². The van der Waals surface area contributed by atoms with Gasteiger partial charge in [0.15, 0.2) is 0 Å². The van der Waals surface area contributed by atoms with Gasteiger partial charge in [-0.2, -0.15) is 5.26 Å². The summed E-state index contributed by atoms with van der Waals surface area (Å²) in [6.07, 6.45) is -2.10. The first kappa shape index (κ1) is 14.3. The number of halogens is 3. The van der Waals surface area contributed by atoms with Gasteiger partial charge in [0.05, 0.1) is 19.1 Å². The Bertz CT molecular complexity index is 501. The predicted octanol–water partition coefficient (Wildman–Crippen LogP) is 2.35. The molecule has 96 valence electrons. The largest absolute Gasteiger partial charge is 0.469 e. The van der Waals surface area contributed by atoms with E-state index in [2.05, 4.69) is 9.72 Å². The molecule has 0 saturated heterocycles. The molecule has 0 amide bonds. The molecule has 0 aliphatic heterocycles. The highest BCUT2D eigenvalue weighted by Gasteiger charge is 2.22. The molecule has 0 aliphatic carbocycles. The van der Waals surface area contributed by atoms with Gasteiger partial charge in [0.25, 0.3) is 6.43 Å². The number of carbonyl (C=O) groups excluding carboxylic acids is 1. The standard InChI is InChI=1S/C11H9ClF2N2O2/c1-18-9(17)2-7-6(4-15)5-16-10(11(13)14)8(7)3-12/h5,11H,2-3H2,1H3. The number of alkyl halides is 3. The molecule has 7 heteroatoms. The van der Waals surface area contributed by atoms with Crippen LogP contribution in [-0.4, -0.2) is 18.1 Å². The lowest BCUT2D eigenvalue weighted by Crippen LogP contribution is -2.11. The van der Waals surface area contributed by atoms with E-state index in [0.717, 1.165) is 6.20 Å². The van der Waals surface area contributed by atoms with Crippen molar-refractivity contribution >= 4 is 17.6 Å². The van der Waals surface area contributed by atoms with Crippen molar-refractivity contribution in [3.05, 3.63) is 28.6 Å². The first-order valence-corrected chi connectivity index (χ1v) is 5.40. The van der Waals surface area contributed by atoms with Crippen molar-refractivity contribution in [2.45, 2.75) is 18.7 Å². The Labute approximate surface area is 107 Å². The number of rotatable bonds is 4. The molecule has 1 aromatic heterocycles. The quantitative estimate of drug-likeness (QED) is 0.624. The maximum atomic E-state index is 12.7. The molecule has 0 aliphatic rings. The van der Waals surface area contributed by atoms with Crippen LogP contribution in [0.1, 0.15) is 28.8 Å². The molecule has 4 nitrogen and oxygen atoms in total. The van der Waals surface area contributed by atoms with Gasteiger partial charge in [-0.25, -0.2) is 8.78 Å². The van der Waals surface area contributed by atoms with Crippen LogP contribution in [0.3, 0.4) is 0 Å². The number of hydrogen-bond acceptors (Lipinski definition) is 4. The third kappa shape index (κ3) is 2.93. The fourth-order valence-electron chi connectivity index (χ4n) is 1.46. The van der Waals surface area contributed by atoms with E-state index in [1.165, 1.54) is 7.11 Å². The van der Waals surface area contributed by atoms with Crippen molar-refractivity contribution in [2.75, 3.05) is 7.11 Å². The van der Waals surface area contributed by atoms with Gasteiger partial charge in [-0.1, -0.05) is 0 Å². The van der Waals surface area contributed by atoms with Gasteiger partial charge in [-0.15, -0.1) is 11.6 Å². The number of nitriles is 1. The average Bonchev–Trinajstić information content (AvgIpc) is 2.37. The lowest BCUT2D eigenvalue weighted by atomic mass is 10.00. The third-order valence-electron chi connectivity index (χ3n) is 2.34. The Hall–Kier alpha value is -1.74. The number of carbonyl (C=O) groups is 1. The van der Waals surface area contributed by atoms with E-state index in [9.17, 15) is 13.6 Å². The molecule has 0 bridgehead atoms. The first-order chi connectivity index (χ1) is 8.54. The van der Waals surface area contributed by atoms with Gasteiger partial charge < -0.3 is 4.74 Å². The second kappa shape index (κ2) is 6.26. The SMILES string of the molecule is COC(=O)Cc1c(C#N)cnc(C(F)F)c1CCl. The molecule has 0 saturated carbocycles. The number of hydrogen-bond donors (Lipinski definition) is 0. The van der Waals surface area contributed by atoms with Crippen LogP contribution in [0.15, 0.2) is 6.20 Å². The minimum Gasteiger partial charge on any atom is -0.469 e. The fraction of sp³-hybridized carbons (Fsp3) is 0.364. The summed E-state index contributed by atoms with van der Waals surface area (Å²) in [5, 5.41) is 8.88. The summed E-state index contributed by atoms with van der Waals surface area (Å²) in [6.45, 7) is 0. The molecule has 1 heterocycles. The molecule has 1 aromatic rings. The van der Waals surface area contributed by atoms with Gasteiger partial charge in [-0.3, -0.25) is 9.78 Å². The summed E-state index contributed by atoms with van der Waals surface area (Å²) in [7, 11) is 1.17. The summed E-state index contributed by atoms with van der Waals surface area (Å²) in [6, 6.07) is 1.79. The minimum atomic E-state index is -2.82. The van der Waals surface area contributed by atoms with Crippen LogP contribution in [-0.2, 0) is 21.8 Å². The molecule has 0 N–H and O–H groups in total. The van der Waals surface area contributed by atoms with Crippen LogP contribution < -0.4 is 0 Å². The lowest BCUT2D eigenvalue weighted by molar-refractivity contribution is -0.139. The van der Waals surface area contributed by atoms with Crippen LogP contribution in [0.25, 0.3) is 0 Å². The van der Waals surface area contributed by atoms with E-state index in [1.54, 1.807) is 6.07 Å². The van der Waals surface area contributed by atoms with Crippen LogP contribution in [0.2, 0.25) is 0 Å². The van der Waals surface area contributed by atoms with E-state index >= 15 is 0 Å². The number of methoxy groups -OCH3 is 1. The molecule has 0 atom stereocenters. The highest BCUT2D eigenvalue weighted by molar-refractivity contribution is 6.17. The number of ether oxygens (including phenoxy) is 1. The summed E-state index contributed by atoms with van der Waals surface area (Å²) in [4.78, 5) is 14.7. The van der Waals surface area contributed by atoms with Crippen molar-refractivity contribution in [3.63, 3.8) is 0 Å². The normalized spacial score (nSPS) is 10.2. The second-order valence-electron chi connectivity index (χ2n) is 3.31. The summed E-state index contributed by atoms with van der Waals surface area (Å²) in [5.74, 6) is -0.890. The highest BCUT2D eigenvalue weighted by Crippen LogP contribution is 2.27. The van der Waals surface area contributed by atoms with Crippen molar-refractivity contribution in [1.82, 2.24) is 4.98 Å². The van der Waals surface area contributed by atoms with E-state index < -0.39 is 18.1 Å². The Morgan fingerprint density at radius 1 is 1.61 bits per heavy atom. The number of nitrogens with zero attached hydrogens (tertiary/aromatic N) is 2. The van der Waals surface area contributed by atoms with E-state index in [4.69, 9.17) is 16.9 Å². The smallest absolute Gasteiger partial charge is 0.310 e. The van der Waals surface area contributed by atoms with Crippen LogP contribution in [0.4, 0.5) is 8.78 Å². The minimum absolute atomic E-state index is 0.0103. The maximum absolute atomic E-state index is 12.7. The zero-order valence-electron chi connectivity index (χ0n) is 9.41. The molecule has 0 aromatic carbocycles. The van der Waals surface area contributed by atoms with Gasteiger partial charge in [-0.05, 0) is 11.1 Å². The zero-order chi connectivity index (χ0) is 13.7. The molecule has 0 unspecified atom stereocenters. The summed E-state index contributed by atoms with van der Waals surface area (Å²) < 4.78 is 29.9. The Balaban J connectivity index is 3.38. The van der Waals surface area contributed by atoms with Crippen molar-refractivity contribution in [3.8, 4) is 6.07 Å². The van der Waals surface area contributed by atoms with Gasteiger partial charge in [0.2, 0.25) is 0 Å². The monoisotopic (exact) mass is 274 g/mol. The molecule has 0 fully saturated rings. The van der Waals surface area contributed by atoms with E-state index in [0.29, 0.717) is 0 Å². The second-order valence-corrected chi connectivity index (χ2v) is 3.58. The number of aromatic nitrogens is 1. The highest BCUT2D eigenvalue weighted by atomic mass is 35.5. The predicted molar refractivity (Wildman–Crippen MR) is 59.2 cm³/mol. The maximum Gasteiger partial charge on any atom is 0.310 e. The van der Waals surface area contributed by atoms with E-state index in [-0.39, 0.29) is 29.0 Å². The van der Waals surface area contributed by atoms with Gasteiger partial charge in [0.1, 0.15) is 11.8 Å². The zero-order valence-corrected chi connectivity index (χ0v) is 10.2. The van der Waals surface area contributed by atoms with Crippen molar-refractivity contribution in [1.29, 1.82) is 5.26 Å². The van der Waals surface area contributed by atoms with Gasteiger partial charge in [0, 0.05) is 12.1 Å². The third-order valence-corrected chi connectivity index (χ3v) is 2.61. The summed E-state index contributed by atoms with van der Waals surface area (Å²) in [5.41, 5.74) is -0.316. The Morgan fingerprint density at radius 3 is 2.72 bits per heavy atom. The van der Waals surface area contributed by atoms with Crippen LogP contribution in [0.5, 0.6) is 0 Å². The van der Waals surface area contributed by atoms with E-state index in [1.807, 2.05) is 0 Å². The fourth-order valence-corrected chi connectivity index (χ4v) is 1.76. The molecule has 0 radical (unpaired) electrons. The molecular formula is C11H9ClF2N2O2. The molecule has 1 rings (SSSR count). The first-order valence-electron chi connectivity index (χ1n) is 4.86. The van der Waals surface area contributed by atoms with Gasteiger partial charge >= 0.3 is 5.97 Å². The number of pyridine rings is 1. The number of esters is 1. The van der Waals surface area contributed by atoms with Crippen molar-refractivity contribution in [2.24, 2.45) is 0 Å². The average molecular weight is 275 g/mol.